The van der Waals surface area contributed by atoms with Crippen LogP contribution in [0.25, 0.3) is 10.4 Å². The van der Waals surface area contributed by atoms with Gasteiger partial charge in [-0.1, -0.05) is 62.9 Å². The molecule has 7 heterocycles. The fourth-order valence-corrected chi connectivity index (χ4v) is 12.7. The quantitative estimate of drug-likeness (QED) is 0.0826. The van der Waals surface area contributed by atoms with Gasteiger partial charge in [-0.3, -0.25) is 24.1 Å². The first kappa shape index (κ1) is 56.6. The highest BCUT2D eigenvalue weighted by Gasteiger charge is 2.48. The summed E-state index contributed by atoms with van der Waals surface area (Å²) in [5.74, 6) is -0.260. The molecule has 3 aromatic heterocycles. The Balaban J connectivity index is 0.00000740. The number of aliphatic hydroxyl groups excluding tert-OH is 1. The van der Waals surface area contributed by atoms with E-state index in [1.807, 2.05) is 101 Å². The van der Waals surface area contributed by atoms with Crippen molar-refractivity contribution in [2.24, 2.45) is 22.5 Å². The van der Waals surface area contributed by atoms with E-state index in [9.17, 15) is 24.3 Å². The number of thiazole rings is 1. The molecule has 10 rings (SSSR count). The zero-order valence-electron chi connectivity index (χ0n) is 44.9. The summed E-state index contributed by atoms with van der Waals surface area (Å²) in [5.41, 5.74) is 11.4. The summed E-state index contributed by atoms with van der Waals surface area (Å²) < 4.78 is 5.89. The SMILES string of the molecule is Cc1ncsc1-c1ccc([C@H](C)NC(=O)C2=C[C@@H](O)CN2C(=O)[C@@H](NC(=O)c2cnc(N3CCN(C4CC(C(=O)Nc5cccc(Sc6cnc(N7CCC8(CC7)CO[C@@H](C)[C@H]8N)cn6)c5)C4)CC3)nc2)C(C)(C)C)cc1.Cl. The van der Waals surface area contributed by atoms with Crippen LogP contribution in [0.4, 0.5) is 17.5 Å². The van der Waals surface area contributed by atoms with E-state index in [2.05, 4.69) is 52.5 Å². The van der Waals surface area contributed by atoms with E-state index >= 15 is 0 Å². The van der Waals surface area contributed by atoms with Crippen LogP contribution in [-0.2, 0) is 19.1 Å². The van der Waals surface area contributed by atoms with Gasteiger partial charge in [0.05, 0.1) is 65.4 Å². The number of nitrogens with one attached hydrogen (secondary N) is 3. The lowest BCUT2D eigenvalue weighted by molar-refractivity contribution is -0.136. The lowest BCUT2D eigenvalue weighted by atomic mass is 9.73. The summed E-state index contributed by atoms with van der Waals surface area (Å²) in [7, 11) is 0. The van der Waals surface area contributed by atoms with Crippen LogP contribution in [0.15, 0.2) is 101 Å². The largest absolute Gasteiger partial charge is 0.387 e. The van der Waals surface area contributed by atoms with E-state index in [1.165, 1.54) is 35.1 Å². The van der Waals surface area contributed by atoms with Crippen molar-refractivity contribution >= 4 is 76.6 Å². The van der Waals surface area contributed by atoms with Crippen LogP contribution in [0.2, 0.25) is 0 Å². The van der Waals surface area contributed by atoms with Crippen LogP contribution >= 0.6 is 35.5 Å². The van der Waals surface area contributed by atoms with Crippen molar-refractivity contribution in [3.8, 4) is 10.4 Å². The Labute approximate surface area is 470 Å². The number of amides is 4. The van der Waals surface area contributed by atoms with Crippen LogP contribution in [0, 0.1) is 23.7 Å². The van der Waals surface area contributed by atoms with Crippen molar-refractivity contribution in [2.45, 2.75) is 114 Å². The Hall–Kier alpha value is -6.07. The minimum atomic E-state index is -1.06. The predicted molar refractivity (Wildman–Crippen MR) is 303 cm³/mol. The number of nitrogens with zero attached hydrogens (tertiary/aromatic N) is 9. The molecule has 5 atom stereocenters. The third-order valence-electron chi connectivity index (χ3n) is 16.0. The Morgan fingerprint density at radius 2 is 1.60 bits per heavy atom. The molecule has 6 N–H and O–H groups in total. The van der Waals surface area contributed by atoms with Crippen LogP contribution in [0.3, 0.4) is 0 Å². The Morgan fingerprint density at radius 3 is 2.23 bits per heavy atom. The molecule has 0 radical (unpaired) electrons. The topological polar surface area (TPSA) is 237 Å². The summed E-state index contributed by atoms with van der Waals surface area (Å²) in [6.45, 7) is 16.7. The van der Waals surface area contributed by atoms with Crippen molar-refractivity contribution < 1.29 is 29.0 Å². The number of aliphatic hydroxyl groups is 1. The van der Waals surface area contributed by atoms with Gasteiger partial charge in [-0.2, -0.15) is 0 Å². The first-order valence-corrected chi connectivity index (χ1v) is 28.3. The molecule has 0 unspecified atom stereocenters. The predicted octanol–water partition coefficient (Wildman–Crippen LogP) is 6.25. The number of piperidine rings is 1. The van der Waals surface area contributed by atoms with Crippen molar-refractivity contribution in [2.75, 3.05) is 67.5 Å². The van der Waals surface area contributed by atoms with E-state index in [4.69, 9.17) is 20.4 Å². The Kier molecular flexibility index (Phi) is 17.2. The van der Waals surface area contributed by atoms with E-state index in [-0.39, 0.29) is 59.6 Å². The molecule has 19 nitrogen and oxygen atoms in total. The molecule has 78 heavy (non-hydrogen) atoms. The second-order valence-corrected chi connectivity index (χ2v) is 24.2. The zero-order chi connectivity index (χ0) is 54.2. The number of ether oxygens (including phenoxy) is 1. The standard InChI is InChI=1S/C56H69N13O6S2.ClH/c1-33(36-10-12-37(13-11-36)47-34(2)62-32-76-47)63-52(73)44-25-42(70)30-69(44)53(74)49(55(4,5)6)65-51(72)39-26-60-54(61-27-39)68-20-18-66(19-21-68)41-22-38(23-41)50(71)64-40-8-7-9-43(24-40)77-46-29-58-45(28-59-46)67-16-14-56(15-17-67)31-75-35(3)48(56)57;/h7-13,24-29,32-33,35,38,41-42,48-49,70H,14-23,30-31,57H2,1-6H3,(H,63,73)(H,64,71)(H,65,72);1H/t33-,35-,38?,41?,42+,48+,49+;/m0./s1. The number of nitrogens with two attached hydrogens (primary N) is 1. The van der Waals surface area contributed by atoms with Gasteiger partial charge in [-0.25, -0.2) is 24.9 Å². The Morgan fingerprint density at radius 1 is 0.885 bits per heavy atom. The van der Waals surface area contributed by atoms with Gasteiger partial charge in [-0.05, 0) is 87.3 Å². The molecule has 0 bridgehead atoms. The lowest BCUT2D eigenvalue weighted by Gasteiger charge is -2.45. The summed E-state index contributed by atoms with van der Waals surface area (Å²) in [6.07, 6.45) is 10.5. The lowest BCUT2D eigenvalue weighted by Crippen LogP contribution is -2.55. The highest BCUT2D eigenvalue weighted by molar-refractivity contribution is 7.99. The van der Waals surface area contributed by atoms with Crippen LogP contribution in [0.5, 0.6) is 0 Å². The van der Waals surface area contributed by atoms with Gasteiger partial charge in [0.25, 0.3) is 11.8 Å². The van der Waals surface area contributed by atoms with Crippen molar-refractivity contribution in [1.82, 2.24) is 45.4 Å². The maximum atomic E-state index is 14.3. The average Bonchev–Trinajstić information content (AvgIpc) is 4.16. The first-order chi connectivity index (χ1) is 36.9. The summed E-state index contributed by atoms with van der Waals surface area (Å²) in [4.78, 5) is 88.1. The normalized spacial score (nSPS) is 22.9. The number of anilines is 3. The monoisotopic (exact) mass is 1120 g/mol. The molecule has 4 aliphatic heterocycles. The molecule has 1 spiro atoms. The third-order valence-corrected chi connectivity index (χ3v) is 17.9. The van der Waals surface area contributed by atoms with Crippen molar-refractivity contribution in [1.29, 1.82) is 0 Å². The minimum absolute atomic E-state index is 0. The molecule has 3 saturated heterocycles. The van der Waals surface area contributed by atoms with Gasteiger partial charge in [-0.15, -0.1) is 23.7 Å². The molecule has 1 aliphatic carbocycles. The van der Waals surface area contributed by atoms with Gasteiger partial charge in [0.1, 0.15) is 22.6 Å². The molecule has 1 saturated carbocycles. The highest BCUT2D eigenvalue weighted by Crippen LogP contribution is 2.42. The minimum Gasteiger partial charge on any atom is -0.387 e. The summed E-state index contributed by atoms with van der Waals surface area (Å²) in [5, 5.41) is 20.5. The summed E-state index contributed by atoms with van der Waals surface area (Å²) >= 11 is 3.08. The zero-order valence-corrected chi connectivity index (χ0v) is 47.4. The third kappa shape index (κ3) is 12.4. The number of piperazine rings is 1. The molecule has 5 aromatic rings. The molecule has 5 aliphatic rings. The highest BCUT2D eigenvalue weighted by atomic mass is 35.5. The number of benzene rings is 2. The van der Waals surface area contributed by atoms with E-state index < -0.39 is 41.3 Å². The number of halogens is 1. The van der Waals surface area contributed by atoms with Gasteiger partial charge < -0.3 is 46.2 Å². The second-order valence-electron chi connectivity index (χ2n) is 22.3. The molecular weight excluding hydrogens is 1050 g/mol. The number of hydrogen-bond donors (Lipinski definition) is 5. The average molecular weight is 1120 g/mol. The number of carbonyl (C=O) groups is 4. The number of rotatable bonds is 14. The molecule has 414 valence electrons. The van der Waals surface area contributed by atoms with Crippen LogP contribution in [0.1, 0.15) is 88.0 Å². The van der Waals surface area contributed by atoms with E-state index in [0.717, 1.165) is 102 Å². The Bertz CT molecular complexity index is 2970. The van der Waals surface area contributed by atoms with Gasteiger partial charge in [0.2, 0.25) is 17.8 Å². The number of aryl methyl sites for hydroxylation is 1. The second kappa shape index (κ2) is 23.7. The number of hydrogen-bond acceptors (Lipinski definition) is 17. The van der Waals surface area contributed by atoms with Crippen LogP contribution < -0.4 is 31.5 Å². The number of aromatic nitrogens is 5. The number of carbonyl (C=O) groups excluding carboxylic acids is 4. The van der Waals surface area contributed by atoms with E-state index in [1.54, 1.807) is 11.3 Å². The maximum absolute atomic E-state index is 14.3. The van der Waals surface area contributed by atoms with Gasteiger partial charge in [0, 0.05) is 85.7 Å². The molecule has 4 amide bonds. The first-order valence-electron chi connectivity index (χ1n) is 26.6. The van der Waals surface area contributed by atoms with Crippen molar-refractivity contribution in [3.05, 3.63) is 107 Å². The smallest absolute Gasteiger partial charge is 0.268 e. The molecule has 4 fully saturated rings. The maximum Gasteiger partial charge on any atom is 0.268 e. The summed E-state index contributed by atoms with van der Waals surface area (Å²) in [6, 6.07) is 14.6. The van der Waals surface area contributed by atoms with Gasteiger partial charge >= 0.3 is 0 Å². The van der Waals surface area contributed by atoms with Crippen LogP contribution in [-0.4, -0.2) is 146 Å². The van der Waals surface area contributed by atoms with Crippen molar-refractivity contribution in [3.63, 3.8) is 0 Å². The fraction of sp³-hybridized carbons (Fsp3) is 0.482. The number of β-amino-alcohol motifs (C(OH)–C–C–N with tert-alkyl or cyclic N) is 1. The molecule has 22 heteroatoms. The fourth-order valence-electron chi connectivity index (χ4n) is 11.1. The molecular formula is C56H70ClN13O6S2. The van der Waals surface area contributed by atoms with Gasteiger partial charge in [0.15, 0.2) is 0 Å². The molecule has 2 aromatic carbocycles. The van der Waals surface area contributed by atoms with E-state index in [0.29, 0.717) is 25.1 Å².